The highest BCUT2D eigenvalue weighted by atomic mass is 32.2. The fourth-order valence-corrected chi connectivity index (χ4v) is 5.57. The van der Waals surface area contributed by atoms with E-state index in [1.54, 1.807) is 37.7 Å². The minimum absolute atomic E-state index is 0.0618. The number of amides is 2. The van der Waals surface area contributed by atoms with E-state index in [-0.39, 0.29) is 29.1 Å². The second-order valence-corrected chi connectivity index (χ2v) is 9.78. The van der Waals surface area contributed by atoms with Gasteiger partial charge in [0, 0.05) is 28.6 Å². The highest BCUT2D eigenvalue weighted by molar-refractivity contribution is 8.00. The van der Waals surface area contributed by atoms with Crippen LogP contribution in [-0.4, -0.2) is 42.3 Å². The molecule has 0 bridgehead atoms. The maximum absolute atomic E-state index is 12.4. The molecule has 178 valence electrons. The van der Waals surface area contributed by atoms with E-state index < -0.39 is 0 Å². The molecule has 2 atom stereocenters. The first kappa shape index (κ1) is 24.1. The Morgan fingerprint density at radius 3 is 2.68 bits per heavy atom. The quantitative estimate of drug-likeness (QED) is 0.432. The monoisotopic (exact) mass is 498 g/mol. The van der Waals surface area contributed by atoms with Crippen LogP contribution in [-0.2, 0) is 9.59 Å². The number of anilines is 1. The summed E-state index contributed by atoms with van der Waals surface area (Å²) in [6.45, 7) is 1.96. The van der Waals surface area contributed by atoms with Crippen molar-refractivity contribution >= 4 is 40.6 Å². The summed E-state index contributed by atoms with van der Waals surface area (Å²) in [5, 5.41) is 10.1. The van der Waals surface area contributed by atoms with E-state index in [0.29, 0.717) is 17.9 Å². The largest absolute Gasteiger partial charge is 0.497 e. The number of thiazole rings is 1. The van der Waals surface area contributed by atoms with Gasteiger partial charge in [-0.1, -0.05) is 6.07 Å². The minimum atomic E-state index is -0.381. The number of carbonyl (C=O) groups is 2. The number of nitrogens with zero attached hydrogens (tertiary/aromatic N) is 1. The van der Waals surface area contributed by atoms with Crippen LogP contribution in [0.5, 0.6) is 11.5 Å². The molecule has 8 nitrogen and oxygen atoms in total. The van der Waals surface area contributed by atoms with Crippen molar-refractivity contribution < 1.29 is 19.1 Å². The zero-order valence-corrected chi connectivity index (χ0v) is 20.7. The van der Waals surface area contributed by atoms with Gasteiger partial charge in [0.05, 0.1) is 31.7 Å². The van der Waals surface area contributed by atoms with Crippen molar-refractivity contribution in [2.75, 3.05) is 25.3 Å². The molecule has 1 aromatic heterocycles. The Balaban J connectivity index is 1.38. The van der Waals surface area contributed by atoms with Crippen LogP contribution in [0.1, 0.15) is 23.0 Å². The van der Waals surface area contributed by atoms with Crippen LogP contribution in [0.2, 0.25) is 0 Å². The highest BCUT2D eigenvalue weighted by Gasteiger charge is 2.30. The summed E-state index contributed by atoms with van der Waals surface area (Å²) in [5.41, 5.74) is 2.17. The summed E-state index contributed by atoms with van der Waals surface area (Å²) < 4.78 is 10.4. The third kappa shape index (κ3) is 5.88. The predicted octanol–water partition coefficient (Wildman–Crippen LogP) is 3.94. The molecule has 4 rings (SSSR count). The summed E-state index contributed by atoms with van der Waals surface area (Å²) in [7, 11) is 3.22. The topological polar surface area (TPSA) is 102 Å². The predicted molar refractivity (Wildman–Crippen MR) is 135 cm³/mol. The van der Waals surface area contributed by atoms with Crippen molar-refractivity contribution in [2.45, 2.75) is 24.9 Å². The van der Waals surface area contributed by atoms with Crippen molar-refractivity contribution in [2.24, 2.45) is 0 Å². The van der Waals surface area contributed by atoms with Gasteiger partial charge in [0.2, 0.25) is 11.8 Å². The number of carbonyl (C=O) groups excluding carboxylic acids is 2. The van der Waals surface area contributed by atoms with Gasteiger partial charge in [-0.3, -0.25) is 14.9 Å². The highest BCUT2D eigenvalue weighted by Crippen LogP contribution is 2.35. The third-order valence-corrected chi connectivity index (χ3v) is 7.59. The van der Waals surface area contributed by atoms with E-state index in [0.717, 1.165) is 26.9 Å². The number of rotatable bonds is 8. The maximum atomic E-state index is 12.4. The third-order valence-electron chi connectivity index (χ3n) is 5.25. The lowest BCUT2D eigenvalue weighted by Gasteiger charge is -2.30. The van der Waals surface area contributed by atoms with Crippen LogP contribution in [0.25, 0.3) is 10.6 Å². The van der Waals surface area contributed by atoms with Gasteiger partial charge in [-0.2, -0.15) is 0 Å². The summed E-state index contributed by atoms with van der Waals surface area (Å²) in [4.78, 5) is 30.6. The van der Waals surface area contributed by atoms with Gasteiger partial charge in [-0.15, -0.1) is 23.1 Å². The molecule has 1 aliphatic heterocycles. The number of aromatic nitrogens is 1. The molecule has 0 aliphatic carbocycles. The molecule has 1 aliphatic rings. The lowest BCUT2D eigenvalue weighted by atomic mass is 10.1. The molecule has 1 saturated heterocycles. The van der Waals surface area contributed by atoms with Crippen molar-refractivity contribution in [3.8, 4) is 22.1 Å². The second kappa shape index (κ2) is 10.9. The Bertz CT molecular complexity index is 1170. The number of nitrogens with one attached hydrogen (secondary N) is 3. The van der Waals surface area contributed by atoms with Gasteiger partial charge in [-0.25, -0.2) is 4.98 Å². The number of hydrogen-bond acceptors (Lipinski definition) is 8. The Hall–Kier alpha value is -3.08. The van der Waals surface area contributed by atoms with Crippen LogP contribution in [0.4, 0.5) is 5.69 Å². The Morgan fingerprint density at radius 2 is 1.94 bits per heavy atom. The van der Waals surface area contributed by atoms with E-state index in [1.165, 1.54) is 11.8 Å². The normalized spacial score (nSPS) is 17.7. The van der Waals surface area contributed by atoms with E-state index in [2.05, 4.69) is 16.0 Å². The summed E-state index contributed by atoms with van der Waals surface area (Å²) >= 11 is 2.91. The minimum Gasteiger partial charge on any atom is -0.497 e. The average molecular weight is 499 g/mol. The SMILES string of the molecule is COc1ccc(-c2nc(C)c(C3CC(=O)NC(SCC(=O)Nc4cccc(OC)c4)N3)s2)cc1. The Labute approximate surface area is 206 Å². The molecule has 2 heterocycles. The zero-order chi connectivity index (χ0) is 24.1. The fourth-order valence-electron chi connectivity index (χ4n) is 3.58. The van der Waals surface area contributed by atoms with E-state index in [9.17, 15) is 9.59 Å². The first-order valence-corrected chi connectivity index (χ1v) is 12.5. The maximum Gasteiger partial charge on any atom is 0.234 e. The number of benzene rings is 2. The van der Waals surface area contributed by atoms with Crippen LogP contribution in [0.15, 0.2) is 48.5 Å². The van der Waals surface area contributed by atoms with Gasteiger partial charge in [0.25, 0.3) is 0 Å². The molecule has 3 aromatic rings. The first-order chi connectivity index (χ1) is 16.4. The first-order valence-electron chi connectivity index (χ1n) is 10.7. The lowest BCUT2D eigenvalue weighted by molar-refractivity contribution is -0.123. The molecule has 0 saturated carbocycles. The van der Waals surface area contributed by atoms with Crippen molar-refractivity contribution in [3.63, 3.8) is 0 Å². The molecule has 0 spiro atoms. The Morgan fingerprint density at radius 1 is 1.18 bits per heavy atom. The second-order valence-electron chi connectivity index (χ2n) is 7.66. The zero-order valence-electron chi connectivity index (χ0n) is 19.1. The van der Waals surface area contributed by atoms with Crippen molar-refractivity contribution in [1.82, 2.24) is 15.6 Å². The smallest absolute Gasteiger partial charge is 0.234 e. The molecule has 3 N–H and O–H groups in total. The number of methoxy groups -OCH3 is 2. The molecule has 2 amide bonds. The number of aryl methyl sites for hydroxylation is 1. The van der Waals surface area contributed by atoms with Gasteiger partial charge in [-0.05, 0) is 43.3 Å². The van der Waals surface area contributed by atoms with Crippen molar-refractivity contribution in [1.29, 1.82) is 0 Å². The van der Waals surface area contributed by atoms with Crippen LogP contribution in [0.3, 0.4) is 0 Å². The number of ether oxygens (including phenoxy) is 2. The summed E-state index contributed by atoms with van der Waals surface area (Å²) in [5.74, 6) is 1.42. The van der Waals surface area contributed by atoms with Crippen LogP contribution >= 0.6 is 23.1 Å². The van der Waals surface area contributed by atoms with Gasteiger partial charge < -0.3 is 20.1 Å². The van der Waals surface area contributed by atoms with E-state index >= 15 is 0 Å². The number of thioether (sulfide) groups is 1. The summed E-state index contributed by atoms with van der Waals surface area (Å²) in [6, 6.07) is 14.8. The molecule has 34 heavy (non-hydrogen) atoms. The molecule has 2 aromatic carbocycles. The lowest BCUT2D eigenvalue weighted by Crippen LogP contribution is -2.51. The molecular weight excluding hydrogens is 472 g/mol. The Kier molecular flexibility index (Phi) is 7.71. The van der Waals surface area contributed by atoms with E-state index in [1.807, 2.05) is 43.3 Å². The van der Waals surface area contributed by atoms with Crippen molar-refractivity contribution in [3.05, 3.63) is 59.1 Å². The van der Waals surface area contributed by atoms with E-state index in [4.69, 9.17) is 14.5 Å². The molecule has 10 heteroatoms. The van der Waals surface area contributed by atoms with Crippen LogP contribution < -0.4 is 25.4 Å². The fraction of sp³-hybridized carbons (Fsp3) is 0.292. The molecule has 2 unspecified atom stereocenters. The summed E-state index contributed by atoms with van der Waals surface area (Å²) in [6.07, 6.45) is 0.318. The molecule has 0 radical (unpaired) electrons. The van der Waals surface area contributed by atoms with Crippen LogP contribution in [0, 0.1) is 6.92 Å². The standard InChI is InChI=1S/C24H26N4O4S2/c1-14-22(34-23(25-14)15-7-9-17(31-2)10-8-15)19-12-20(29)28-24(27-19)33-13-21(30)26-16-5-4-6-18(11-16)32-3/h4-11,19,24,27H,12-13H2,1-3H3,(H,26,30)(H,28,29). The average Bonchev–Trinajstić information content (AvgIpc) is 3.24. The van der Waals surface area contributed by atoms with Gasteiger partial charge in [0.15, 0.2) is 0 Å². The molecular formula is C24H26N4O4S2. The molecule has 1 fully saturated rings. The van der Waals surface area contributed by atoms with Gasteiger partial charge >= 0.3 is 0 Å². The number of hydrogen-bond donors (Lipinski definition) is 3. The van der Waals surface area contributed by atoms with Gasteiger partial charge in [0.1, 0.15) is 22.0 Å².